The first-order valence-electron chi connectivity index (χ1n) is 5.73. The number of benzene rings is 1. The van der Waals surface area contributed by atoms with Gasteiger partial charge in [0.1, 0.15) is 11.6 Å². The van der Waals surface area contributed by atoms with Crippen molar-refractivity contribution >= 4 is 23.5 Å². The van der Waals surface area contributed by atoms with Crippen LogP contribution in [0.4, 0.5) is 14.5 Å². The summed E-state index contributed by atoms with van der Waals surface area (Å²) in [6, 6.07) is 3.33. The van der Waals surface area contributed by atoms with E-state index in [2.05, 4.69) is 20.5 Å². The molecule has 1 aromatic heterocycles. The van der Waals surface area contributed by atoms with E-state index in [-0.39, 0.29) is 5.69 Å². The Kier molecular flexibility index (Phi) is 4.62. The van der Waals surface area contributed by atoms with Crippen LogP contribution in [-0.2, 0) is 0 Å². The lowest BCUT2D eigenvalue weighted by Gasteiger charge is -2.03. The molecule has 0 unspecified atom stereocenters. The minimum Gasteiger partial charge on any atom is -0.359 e. The van der Waals surface area contributed by atoms with Gasteiger partial charge in [0, 0.05) is 12.3 Å². The predicted octanol–water partition coefficient (Wildman–Crippen LogP) is 3.26. The zero-order chi connectivity index (χ0) is 14.5. The average molecular weight is 294 g/mol. The van der Waals surface area contributed by atoms with Crippen molar-refractivity contribution < 1.29 is 8.78 Å². The van der Waals surface area contributed by atoms with E-state index in [1.165, 1.54) is 30.1 Å². The summed E-state index contributed by atoms with van der Waals surface area (Å²) in [7, 11) is 0. The highest BCUT2D eigenvalue weighted by Gasteiger charge is 2.03. The maximum Gasteiger partial charge on any atom is 0.209 e. The quantitative estimate of drug-likeness (QED) is 0.877. The van der Waals surface area contributed by atoms with Gasteiger partial charge in [-0.15, -0.1) is 5.10 Å². The summed E-state index contributed by atoms with van der Waals surface area (Å²) in [4.78, 5) is 4.27. The molecular formula is C13H12F2N4S. The number of hydrogen-bond donors (Lipinski definition) is 1. The minimum atomic E-state index is -0.656. The fourth-order valence-corrected chi connectivity index (χ4v) is 1.75. The standard InChI is InChI=1S/C13H12F2N4S/c1-8-11(17-13(20-2)19-18-8)5-6-16-12-4-3-9(14)7-10(12)15/h3-7,16H,1-2H3/b6-5+. The van der Waals surface area contributed by atoms with Gasteiger partial charge in [-0.25, -0.2) is 13.8 Å². The van der Waals surface area contributed by atoms with E-state index < -0.39 is 11.6 Å². The molecule has 0 saturated heterocycles. The number of aryl methyl sites for hydroxylation is 1. The Labute approximate surface area is 119 Å². The summed E-state index contributed by atoms with van der Waals surface area (Å²) in [5, 5.41) is 11.2. The van der Waals surface area contributed by atoms with Crippen molar-refractivity contribution in [1.82, 2.24) is 15.2 Å². The number of aromatic nitrogens is 3. The highest BCUT2D eigenvalue weighted by Crippen LogP contribution is 2.15. The average Bonchev–Trinajstić information content (AvgIpc) is 2.43. The molecule has 20 heavy (non-hydrogen) atoms. The van der Waals surface area contributed by atoms with Crippen LogP contribution in [0.2, 0.25) is 0 Å². The third kappa shape index (κ3) is 3.51. The number of anilines is 1. The van der Waals surface area contributed by atoms with Gasteiger partial charge in [0.2, 0.25) is 5.16 Å². The van der Waals surface area contributed by atoms with Crippen LogP contribution in [0.15, 0.2) is 29.6 Å². The molecule has 0 aliphatic carbocycles. The van der Waals surface area contributed by atoms with E-state index >= 15 is 0 Å². The molecule has 4 nitrogen and oxygen atoms in total. The molecule has 0 bridgehead atoms. The maximum atomic E-state index is 13.4. The molecule has 1 aromatic carbocycles. The molecule has 0 atom stereocenters. The van der Waals surface area contributed by atoms with Crippen molar-refractivity contribution in [2.45, 2.75) is 12.1 Å². The van der Waals surface area contributed by atoms with E-state index in [0.717, 1.165) is 6.07 Å². The normalized spacial score (nSPS) is 11.0. The molecule has 0 radical (unpaired) electrons. The van der Waals surface area contributed by atoms with Gasteiger partial charge >= 0.3 is 0 Å². The van der Waals surface area contributed by atoms with Gasteiger partial charge in [-0.3, -0.25) is 0 Å². The summed E-state index contributed by atoms with van der Waals surface area (Å²) in [5.74, 6) is -1.27. The number of nitrogens with zero attached hydrogens (tertiary/aromatic N) is 3. The van der Waals surface area contributed by atoms with Crippen molar-refractivity contribution in [2.75, 3.05) is 11.6 Å². The maximum absolute atomic E-state index is 13.4. The van der Waals surface area contributed by atoms with Crippen LogP contribution in [0.1, 0.15) is 11.4 Å². The highest BCUT2D eigenvalue weighted by molar-refractivity contribution is 7.98. The summed E-state index contributed by atoms with van der Waals surface area (Å²) in [6.45, 7) is 1.78. The second-order valence-corrected chi connectivity index (χ2v) is 4.64. The Balaban J connectivity index is 2.13. The lowest BCUT2D eigenvalue weighted by Crippen LogP contribution is -1.98. The monoisotopic (exact) mass is 294 g/mol. The SMILES string of the molecule is CSc1nnc(C)c(/C=C/Nc2ccc(F)cc2F)n1. The first kappa shape index (κ1) is 14.4. The Bertz CT molecular complexity index is 646. The molecule has 2 rings (SSSR count). The van der Waals surface area contributed by atoms with Crippen LogP contribution in [0, 0.1) is 18.6 Å². The van der Waals surface area contributed by atoms with Crippen molar-refractivity contribution in [1.29, 1.82) is 0 Å². The molecule has 0 aliphatic heterocycles. The lowest BCUT2D eigenvalue weighted by molar-refractivity contribution is 0.586. The lowest BCUT2D eigenvalue weighted by atomic mass is 10.3. The van der Waals surface area contributed by atoms with E-state index in [1.54, 1.807) is 13.0 Å². The van der Waals surface area contributed by atoms with Gasteiger partial charge in [-0.1, -0.05) is 11.8 Å². The van der Waals surface area contributed by atoms with Gasteiger partial charge in [-0.05, 0) is 31.4 Å². The van der Waals surface area contributed by atoms with Gasteiger partial charge < -0.3 is 5.32 Å². The van der Waals surface area contributed by atoms with E-state index in [9.17, 15) is 8.78 Å². The first-order valence-corrected chi connectivity index (χ1v) is 6.96. The molecule has 1 heterocycles. The highest BCUT2D eigenvalue weighted by atomic mass is 32.2. The number of nitrogens with one attached hydrogen (secondary N) is 1. The van der Waals surface area contributed by atoms with Crippen molar-refractivity contribution in [3.05, 3.63) is 47.4 Å². The van der Waals surface area contributed by atoms with Gasteiger partial charge in [0.25, 0.3) is 0 Å². The largest absolute Gasteiger partial charge is 0.359 e. The van der Waals surface area contributed by atoms with E-state index in [1.807, 2.05) is 6.26 Å². The molecule has 1 N–H and O–H groups in total. The smallest absolute Gasteiger partial charge is 0.209 e. The number of rotatable bonds is 4. The summed E-state index contributed by atoms with van der Waals surface area (Å²) in [5.41, 5.74) is 1.49. The Morgan fingerprint density at radius 2 is 2.05 bits per heavy atom. The van der Waals surface area contributed by atoms with Crippen LogP contribution >= 0.6 is 11.8 Å². The van der Waals surface area contributed by atoms with Crippen molar-refractivity contribution in [3.8, 4) is 0 Å². The number of halogens is 2. The third-order valence-corrected chi connectivity index (χ3v) is 3.00. The molecule has 0 fully saturated rings. The predicted molar refractivity (Wildman–Crippen MR) is 75.4 cm³/mol. The Hall–Kier alpha value is -2.02. The van der Waals surface area contributed by atoms with Gasteiger partial charge in [0.05, 0.1) is 17.1 Å². The third-order valence-electron chi connectivity index (χ3n) is 2.47. The molecule has 104 valence electrons. The van der Waals surface area contributed by atoms with Crippen LogP contribution < -0.4 is 5.32 Å². The summed E-state index contributed by atoms with van der Waals surface area (Å²) >= 11 is 1.38. The van der Waals surface area contributed by atoms with Crippen molar-refractivity contribution in [3.63, 3.8) is 0 Å². The molecule has 0 aliphatic rings. The van der Waals surface area contributed by atoms with Crippen LogP contribution in [0.5, 0.6) is 0 Å². The molecule has 7 heteroatoms. The molecule has 0 amide bonds. The second kappa shape index (κ2) is 6.42. The van der Waals surface area contributed by atoms with Gasteiger partial charge in [-0.2, -0.15) is 5.10 Å². The van der Waals surface area contributed by atoms with Crippen molar-refractivity contribution in [2.24, 2.45) is 0 Å². The first-order chi connectivity index (χ1) is 9.60. The molecule has 0 saturated carbocycles. The van der Waals surface area contributed by atoms with E-state index in [0.29, 0.717) is 16.5 Å². The fourth-order valence-electron chi connectivity index (χ4n) is 1.44. The van der Waals surface area contributed by atoms with Crippen LogP contribution in [0.25, 0.3) is 6.08 Å². The zero-order valence-electron chi connectivity index (χ0n) is 10.9. The molecule has 2 aromatic rings. The summed E-state index contributed by atoms with van der Waals surface area (Å²) in [6.07, 6.45) is 5.04. The van der Waals surface area contributed by atoms with Crippen LogP contribution in [-0.4, -0.2) is 21.4 Å². The Morgan fingerprint density at radius 1 is 1.25 bits per heavy atom. The topological polar surface area (TPSA) is 50.7 Å². The second-order valence-electron chi connectivity index (χ2n) is 3.87. The molecule has 0 spiro atoms. The van der Waals surface area contributed by atoms with Crippen LogP contribution in [0.3, 0.4) is 0 Å². The van der Waals surface area contributed by atoms with E-state index in [4.69, 9.17) is 0 Å². The Morgan fingerprint density at radius 3 is 2.75 bits per heavy atom. The zero-order valence-corrected chi connectivity index (χ0v) is 11.7. The fraction of sp³-hybridized carbons (Fsp3) is 0.154. The van der Waals surface area contributed by atoms with Gasteiger partial charge in [0.15, 0.2) is 0 Å². The summed E-state index contributed by atoms with van der Waals surface area (Å²) < 4.78 is 26.2. The molecular weight excluding hydrogens is 282 g/mol. The number of hydrogen-bond acceptors (Lipinski definition) is 5. The number of thioether (sulfide) groups is 1. The minimum absolute atomic E-state index is 0.187.